The average molecular weight is 330 g/mol. The van der Waals surface area contributed by atoms with Crippen LogP contribution in [0, 0.1) is 11.8 Å². The van der Waals surface area contributed by atoms with Crippen molar-refractivity contribution in [2.24, 2.45) is 0 Å². The van der Waals surface area contributed by atoms with Crippen molar-refractivity contribution in [3.05, 3.63) is 28.8 Å². The molecule has 1 saturated heterocycles. The number of aliphatic hydroxyl groups is 2. The second kappa shape index (κ2) is 6.77. The van der Waals surface area contributed by atoms with Gasteiger partial charge in [-0.25, -0.2) is 8.42 Å². The Balaban J connectivity index is 2.28. The summed E-state index contributed by atoms with van der Waals surface area (Å²) in [5.41, 5.74) is 0.544. The summed E-state index contributed by atoms with van der Waals surface area (Å²) < 4.78 is 26.4. The van der Waals surface area contributed by atoms with Crippen LogP contribution in [-0.4, -0.2) is 48.7 Å². The predicted molar refractivity (Wildman–Crippen MR) is 79.4 cm³/mol. The average Bonchev–Trinajstić information content (AvgIpc) is 2.45. The van der Waals surface area contributed by atoms with Gasteiger partial charge in [0.15, 0.2) is 0 Å². The van der Waals surface area contributed by atoms with Crippen molar-refractivity contribution in [2.45, 2.75) is 23.8 Å². The van der Waals surface area contributed by atoms with Crippen LogP contribution in [0.5, 0.6) is 0 Å². The maximum absolute atomic E-state index is 12.5. The van der Waals surface area contributed by atoms with Crippen LogP contribution in [0.25, 0.3) is 0 Å². The van der Waals surface area contributed by atoms with Crippen molar-refractivity contribution < 1.29 is 18.6 Å². The van der Waals surface area contributed by atoms with Crippen molar-refractivity contribution in [3.63, 3.8) is 0 Å². The number of rotatable bonds is 2. The van der Waals surface area contributed by atoms with E-state index in [-0.39, 0.29) is 29.6 Å². The first-order chi connectivity index (χ1) is 9.95. The maximum Gasteiger partial charge on any atom is 0.244 e. The number of benzene rings is 1. The lowest BCUT2D eigenvalue weighted by Gasteiger charge is -2.29. The van der Waals surface area contributed by atoms with E-state index < -0.39 is 16.1 Å². The molecule has 2 rings (SSSR count). The molecular weight excluding hydrogens is 314 g/mol. The number of hydrogen-bond acceptors (Lipinski definition) is 4. The van der Waals surface area contributed by atoms with Gasteiger partial charge in [0.1, 0.15) is 11.5 Å². The highest BCUT2D eigenvalue weighted by atomic mass is 35.5. The Hall–Kier alpha value is -1.10. The summed E-state index contributed by atoms with van der Waals surface area (Å²) in [7, 11) is -3.66. The zero-order valence-corrected chi connectivity index (χ0v) is 12.9. The van der Waals surface area contributed by atoms with Crippen molar-refractivity contribution in [1.29, 1.82) is 0 Å². The van der Waals surface area contributed by atoms with E-state index in [1.807, 2.05) is 0 Å². The van der Waals surface area contributed by atoms with Gasteiger partial charge in [0.05, 0.1) is 11.1 Å². The van der Waals surface area contributed by atoms with Crippen molar-refractivity contribution in [2.75, 3.05) is 19.7 Å². The third-order valence-electron chi connectivity index (χ3n) is 3.28. The van der Waals surface area contributed by atoms with Gasteiger partial charge in [-0.05, 0) is 31.0 Å². The molecule has 1 heterocycles. The monoisotopic (exact) mass is 329 g/mol. The number of halogens is 1. The number of sulfonamides is 1. The van der Waals surface area contributed by atoms with Crippen LogP contribution in [0.4, 0.5) is 0 Å². The lowest BCUT2D eigenvalue weighted by Crippen LogP contribution is -2.40. The van der Waals surface area contributed by atoms with E-state index in [1.54, 1.807) is 6.07 Å². The van der Waals surface area contributed by atoms with E-state index in [1.165, 1.54) is 16.4 Å². The largest absolute Gasteiger partial charge is 0.393 e. The number of nitrogens with zero attached hydrogens (tertiary/aromatic N) is 1. The molecule has 5 nitrogen and oxygen atoms in total. The molecule has 0 amide bonds. The molecule has 21 heavy (non-hydrogen) atoms. The third-order valence-corrected chi connectivity index (χ3v) is 5.67. The molecule has 1 aromatic rings. The van der Waals surface area contributed by atoms with E-state index in [9.17, 15) is 13.5 Å². The third kappa shape index (κ3) is 3.76. The summed E-state index contributed by atoms with van der Waals surface area (Å²) in [6.45, 7) is 0.297. The smallest absolute Gasteiger partial charge is 0.244 e. The molecule has 0 unspecified atom stereocenters. The molecule has 7 heteroatoms. The fourth-order valence-corrected chi connectivity index (χ4v) is 4.14. The summed E-state index contributed by atoms with van der Waals surface area (Å²) in [6.07, 6.45) is 0.413. The van der Waals surface area contributed by atoms with Crippen LogP contribution in [0.3, 0.4) is 0 Å². The van der Waals surface area contributed by atoms with Crippen LogP contribution in [-0.2, 0) is 10.0 Å². The van der Waals surface area contributed by atoms with Crippen LogP contribution < -0.4 is 0 Å². The van der Waals surface area contributed by atoms with E-state index >= 15 is 0 Å². The summed E-state index contributed by atoms with van der Waals surface area (Å²) >= 11 is 6.06. The van der Waals surface area contributed by atoms with E-state index in [4.69, 9.17) is 16.7 Å². The number of aliphatic hydroxyl groups excluding tert-OH is 2. The highest BCUT2D eigenvalue weighted by Crippen LogP contribution is 2.27. The van der Waals surface area contributed by atoms with Crippen LogP contribution in [0.15, 0.2) is 23.1 Å². The zero-order chi connectivity index (χ0) is 15.5. The zero-order valence-electron chi connectivity index (χ0n) is 11.3. The first kappa shape index (κ1) is 16.3. The van der Waals surface area contributed by atoms with Gasteiger partial charge in [0.2, 0.25) is 10.0 Å². The van der Waals surface area contributed by atoms with Gasteiger partial charge in [0.25, 0.3) is 0 Å². The Morgan fingerprint density at radius 1 is 1.33 bits per heavy atom. The van der Waals surface area contributed by atoms with Gasteiger partial charge in [-0.2, -0.15) is 4.31 Å². The quantitative estimate of drug-likeness (QED) is 0.788. The SMILES string of the molecule is O=S(=O)(c1ccc(C#CCO)cc1Cl)N1CCC(O)CC1. The van der Waals surface area contributed by atoms with Gasteiger partial charge in [-0.15, -0.1) is 0 Å². The minimum Gasteiger partial charge on any atom is -0.393 e. The molecule has 1 fully saturated rings. The van der Waals surface area contributed by atoms with Gasteiger partial charge in [-0.3, -0.25) is 0 Å². The predicted octanol–water partition coefficient (Wildman–Crippen LogP) is 0.829. The number of piperidine rings is 1. The molecule has 0 aromatic heterocycles. The van der Waals surface area contributed by atoms with Crippen molar-refractivity contribution in [1.82, 2.24) is 4.31 Å². The fourth-order valence-electron chi connectivity index (χ4n) is 2.15. The molecule has 1 aliphatic rings. The van der Waals surface area contributed by atoms with E-state index in [0.29, 0.717) is 18.4 Å². The molecule has 1 aromatic carbocycles. The van der Waals surface area contributed by atoms with Gasteiger partial charge in [-0.1, -0.05) is 23.4 Å². The molecular formula is C14H16ClNO4S. The highest BCUT2D eigenvalue weighted by molar-refractivity contribution is 7.89. The van der Waals surface area contributed by atoms with Gasteiger partial charge in [0, 0.05) is 18.7 Å². The van der Waals surface area contributed by atoms with E-state index in [0.717, 1.165) is 0 Å². The first-order valence-electron chi connectivity index (χ1n) is 6.52. The molecule has 0 radical (unpaired) electrons. The molecule has 2 N–H and O–H groups in total. The second-order valence-corrected chi connectivity index (χ2v) is 7.05. The van der Waals surface area contributed by atoms with Gasteiger partial charge < -0.3 is 10.2 Å². The maximum atomic E-state index is 12.5. The highest BCUT2D eigenvalue weighted by Gasteiger charge is 2.30. The summed E-state index contributed by atoms with van der Waals surface area (Å²) in [4.78, 5) is 0.0371. The number of hydrogen-bond donors (Lipinski definition) is 2. The fraction of sp³-hybridized carbons (Fsp3) is 0.429. The topological polar surface area (TPSA) is 77.8 Å². The van der Waals surface area contributed by atoms with E-state index in [2.05, 4.69) is 11.8 Å². The minimum absolute atomic E-state index is 0.0371. The Morgan fingerprint density at radius 3 is 2.57 bits per heavy atom. The minimum atomic E-state index is -3.66. The first-order valence-corrected chi connectivity index (χ1v) is 8.34. The van der Waals surface area contributed by atoms with Crippen molar-refractivity contribution in [3.8, 4) is 11.8 Å². The lowest BCUT2D eigenvalue weighted by molar-refractivity contribution is 0.113. The molecule has 0 aliphatic carbocycles. The standard InChI is InChI=1S/C14H16ClNO4S/c15-13-10-11(2-1-9-17)3-4-14(13)21(19,20)16-7-5-12(18)6-8-16/h3-4,10,12,17-18H,5-9H2. The normalized spacial score (nSPS) is 17.3. The van der Waals surface area contributed by atoms with Crippen LogP contribution in [0.1, 0.15) is 18.4 Å². The van der Waals surface area contributed by atoms with Crippen molar-refractivity contribution >= 4 is 21.6 Å². The molecule has 0 atom stereocenters. The lowest BCUT2D eigenvalue weighted by atomic mass is 10.1. The summed E-state index contributed by atoms with van der Waals surface area (Å²) in [5, 5.41) is 18.2. The van der Waals surface area contributed by atoms with Crippen LogP contribution in [0.2, 0.25) is 5.02 Å². The molecule has 0 saturated carbocycles. The Kier molecular flexibility index (Phi) is 5.25. The molecule has 0 spiro atoms. The molecule has 114 valence electrons. The molecule has 0 bridgehead atoms. The molecule has 1 aliphatic heterocycles. The Labute approximate surface area is 129 Å². The summed E-state index contributed by atoms with van der Waals surface area (Å²) in [6, 6.07) is 4.44. The Bertz CT molecular complexity index is 670. The van der Waals surface area contributed by atoms with Gasteiger partial charge >= 0.3 is 0 Å². The Morgan fingerprint density at radius 2 is 2.00 bits per heavy atom. The summed E-state index contributed by atoms with van der Waals surface area (Å²) in [5.74, 6) is 5.15. The van der Waals surface area contributed by atoms with Crippen LogP contribution >= 0.6 is 11.6 Å². The second-order valence-electron chi connectivity index (χ2n) is 4.74.